The quantitative estimate of drug-likeness (QED) is 0.478. The van der Waals surface area contributed by atoms with Crippen molar-refractivity contribution in [1.82, 2.24) is 4.72 Å². The van der Waals surface area contributed by atoms with E-state index in [1.165, 1.54) is 0 Å². The van der Waals surface area contributed by atoms with E-state index in [1.54, 1.807) is 43.4 Å². The molecule has 0 bridgehead atoms. The molecule has 0 amide bonds. The first-order valence-electron chi connectivity index (χ1n) is 5.11. The van der Waals surface area contributed by atoms with Crippen LogP contribution in [0.25, 0.3) is 0 Å². The van der Waals surface area contributed by atoms with Gasteiger partial charge in [-0.2, -0.15) is 0 Å². The van der Waals surface area contributed by atoms with E-state index in [0.717, 1.165) is 12.1 Å². The van der Waals surface area contributed by atoms with E-state index in [9.17, 15) is 22.9 Å². The average molecular weight is 402 g/mol. The summed E-state index contributed by atoms with van der Waals surface area (Å²) in [4.78, 5) is 9.28. The lowest BCUT2D eigenvalue weighted by atomic mass is 10.1. The molecule has 1 aromatic carbocycles. The van der Waals surface area contributed by atoms with Crippen molar-refractivity contribution >= 4 is 38.3 Å². The molecule has 6 nitrogen and oxygen atoms in total. The van der Waals surface area contributed by atoms with E-state index in [1.807, 2.05) is 0 Å². The molecule has 19 heavy (non-hydrogen) atoms. The summed E-state index contributed by atoms with van der Waals surface area (Å²) in [5.41, 5.74) is -1.26. The molecule has 9 heteroatoms. The van der Waals surface area contributed by atoms with Gasteiger partial charge in [0, 0.05) is 11.6 Å². The number of hydrogen-bond acceptors (Lipinski definition) is 4. The van der Waals surface area contributed by atoms with E-state index in [-0.39, 0.29) is 3.57 Å². The summed E-state index contributed by atoms with van der Waals surface area (Å²) >= 11 is 1.58. The minimum absolute atomic E-state index is 0.0369. The molecule has 1 N–H and O–H groups in total. The van der Waals surface area contributed by atoms with Crippen LogP contribution in [0.3, 0.4) is 0 Å². The van der Waals surface area contributed by atoms with E-state index in [4.69, 9.17) is 0 Å². The number of nitro benzene ring substituents is 1. The molecule has 0 aliphatic heterocycles. The topological polar surface area (TPSA) is 89.3 Å². The van der Waals surface area contributed by atoms with Crippen molar-refractivity contribution in [3.8, 4) is 0 Å². The van der Waals surface area contributed by atoms with Gasteiger partial charge in [0.15, 0.2) is 0 Å². The molecule has 1 rings (SSSR count). The van der Waals surface area contributed by atoms with Crippen LogP contribution < -0.4 is 4.72 Å². The number of benzene rings is 1. The van der Waals surface area contributed by atoms with Crippen molar-refractivity contribution in [1.29, 1.82) is 0 Å². The second kappa shape index (κ2) is 5.29. The maximum atomic E-state index is 13.7. The van der Waals surface area contributed by atoms with Gasteiger partial charge in [0.25, 0.3) is 5.69 Å². The number of rotatable bonds is 3. The summed E-state index contributed by atoms with van der Waals surface area (Å²) in [6.07, 6.45) is 0. The molecule has 0 fully saturated rings. The Bertz CT molecular complexity index is 625. The molecule has 0 aliphatic rings. The molecule has 0 aromatic heterocycles. The number of nitrogens with one attached hydrogen (secondary N) is 1. The van der Waals surface area contributed by atoms with Crippen molar-refractivity contribution < 1.29 is 17.7 Å². The van der Waals surface area contributed by atoms with Gasteiger partial charge in [0.2, 0.25) is 10.0 Å². The van der Waals surface area contributed by atoms with Crippen LogP contribution in [-0.4, -0.2) is 18.9 Å². The van der Waals surface area contributed by atoms with Crippen LogP contribution >= 0.6 is 22.6 Å². The Balaban J connectivity index is 3.43. The third-order valence-corrected chi connectivity index (χ3v) is 4.57. The molecule has 106 valence electrons. The van der Waals surface area contributed by atoms with Gasteiger partial charge in [-0.05, 0) is 49.4 Å². The van der Waals surface area contributed by atoms with E-state index < -0.39 is 36.9 Å². The van der Waals surface area contributed by atoms with Crippen molar-refractivity contribution in [3.63, 3.8) is 0 Å². The van der Waals surface area contributed by atoms with Crippen molar-refractivity contribution in [2.45, 2.75) is 31.2 Å². The van der Waals surface area contributed by atoms with Gasteiger partial charge in [0.1, 0.15) is 10.7 Å². The lowest BCUT2D eigenvalue weighted by Crippen LogP contribution is -2.40. The summed E-state index contributed by atoms with van der Waals surface area (Å²) in [6, 6.07) is 1.56. The number of halogens is 2. The second-order valence-electron chi connectivity index (χ2n) is 4.85. The lowest BCUT2D eigenvalue weighted by molar-refractivity contribution is -0.386. The summed E-state index contributed by atoms with van der Waals surface area (Å²) in [7, 11) is -4.15. The van der Waals surface area contributed by atoms with Gasteiger partial charge in [-0.25, -0.2) is 17.5 Å². The molecular weight excluding hydrogens is 390 g/mol. The Labute approximate surface area is 123 Å². The van der Waals surface area contributed by atoms with Crippen LogP contribution in [0.2, 0.25) is 0 Å². The largest absolute Gasteiger partial charge is 0.284 e. The molecule has 0 saturated carbocycles. The molecule has 0 saturated heterocycles. The molecule has 0 atom stereocenters. The third-order valence-electron chi connectivity index (χ3n) is 1.93. The van der Waals surface area contributed by atoms with E-state index in [0.29, 0.717) is 0 Å². The highest BCUT2D eigenvalue weighted by atomic mass is 127. The van der Waals surface area contributed by atoms with Gasteiger partial charge < -0.3 is 0 Å². The maximum absolute atomic E-state index is 13.7. The lowest BCUT2D eigenvalue weighted by Gasteiger charge is -2.20. The Morgan fingerprint density at radius 3 is 2.32 bits per heavy atom. The van der Waals surface area contributed by atoms with Crippen LogP contribution in [0.4, 0.5) is 10.1 Å². The number of hydrogen-bond donors (Lipinski definition) is 1. The summed E-state index contributed by atoms with van der Waals surface area (Å²) in [5, 5.41) is 10.8. The first-order chi connectivity index (χ1) is 8.44. The maximum Gasteiger partial charge on any atom is 0.284 e. The fourth-order valence-electron chi connectivity index (χ4n) is 1.32. The second-order valence-corrected chi connectivity index (χ2v) is 7.66. The Kier molecular flexibility index (Phi) is 4.52. The van der Waals surface area contributed by atoms with Crippen LogP contribution in [0.1, 0.15) is 20.8 Å². The highest BCUT2D eigenvalue weighted by molar-refractivity contribution is 14.1. The smallest absolute Gasteiger partial charge is 0.258 e. The SMILES string of the molecule is CC(C)(C)NS(=O)(=O)c1cc([N+](=O)[O-])c(I)cc1F. The molecule has 0 unspecified atom stereocenters. The molecule has 0 spiro atoms. The average Bonchev–Trinajstić information content (AvgIpc) is 2.11. The van der Waals surface area contributed by atoms with Gasteiger partial charge >= 0.3 is 0 Å². The Morgan fingerprint density at radius 2 is 1.89 bits per heavy atom. The zero-order valence-electron chi connectivity index (χ0n) is 10.4. The van der Waals surface area contributed by atoms with Gasteiger partial charge in [-0.15, -0.1) is 0 Å². The fourth-order valence-corrected chi connectivity index (χ4v) is 3.45. The molecule has 0 aliphatic carbocycles. The zero-order chi connectivity index (χ0) is 15.0. The first-order valence-corrected chi connectivity index (χ1v) is 7.67. The van der Waals surface area contributed by atoms with Crippen molar-refractivity contribution in [2.75, 3.05) is 0 Å². The Morgan fingerprint density at radius 1 is 1.37 bits per heavy atom. The van der Waals surface area contributed by atoms with Crippen LogP contribution in [-0.2, 0) is 10.0 Å². The molecule has 0 heterocycles. The summed E-state index contributed by atoms with van der Waals surface area (Å²) in [6.45, 7) is 4.76. The zero-order valence-corrected chi connectivity index (χ0v) is 13.4. The number of nitrogens with zero attached hydrogens (tertiary/aromatic N) is 1. The first kappa shape index (κ1) is 16.2. The number of nitro groups is 1. The predicted molar refractivity (Wildman–Crippen MR) is 75.8 cm³/mol. The summed E-state index contributed by atoms with van der Waals surface area (Å²) < 4.78 is 40.0. The predicted octanol–water partition coefficient (Wildman–Crippen LogP) is 2.42. The summed E-state index contributed by atoms with van der Waals surface area (Å²) in [5.74, 6) is -1.02. The van der Waals surface area contributed by atoms with E-state index >= 15 is 0 Å². The highest BCUT2D eigenvalue weighted by Crippen LogP contribution is 2.27. The van der Waals surface area contributed by atoms with Crippen LogP contribution in [0.5, 0.6) is 0 Å². The minimum atomic E-state index is -4.15. The van der Waals surface area contributed by atoms with Crippen LogP contribution in [0, 0.1) is 19.5 Å². The minimum Gasteiger partial charge on any atom is -0.258 e. The standard InChI is InChI=1S/C10H12FIN2O4S/c1-10(2,3)13-19(17,18)9-5-8(14(15)16)7(12)4-6(9)11/h4-5,13H,1-3H3. The third kappa shape index (κ3) is 4.08. The Hall–Kier alpha value is -0.810. The van der Waals surface area contributed by atoms with E-state index in [2.05, 4.69) is 4.72 Å². The van der Waals surface area contributed by atoms with Crippen LogP contribution in [0.15, 0.2) is 17.0 Å². The molecular formula is C10H12FIN2O4S. The molecule has 1 aromatic rings. The van der Waals surface area contributed by atoms with Crippen molar-refractivity contribution in [2.24, 2.45) is 0 Å². The monoisotopic (exact) mass is 402 g/mol. The van der Waals surface area contributed by atoms with Crippen molar-refractivity contribution in [3.05, 3.63) is 31.6 Å². The highest BCUT2D eigenvalue weighted by Gasteiger charge is 2.28. The van der Waals surface area contributed by atoms with Gasteiger partial charge in [-0.1, -0.05) is 0 Å². The number of sulfonamides is 1. The van der Waals surface area contributed by atoms with Gasteiger partial charge in [0.05, 0.1) is 8.49 Å². The normalized spacial score (nSPS) is 12.5. The molecule has 0 radical (unpaired) electrons. The fraction of sp³-hybridized carbons (Fsp3) is 0.400. The van der Waals surface area contributed by atoms with Gasteiger partial charge in [-0.3, -0.25) is 10.1 Å².